The first-order valence-electron chi connectivity index (χ1n) is 7.55. The van der Waals surface area contributed by atoms with Crippen LogP contribution in [0.3, 0.4) is 0 Å². The van der Waals surface area contributed by atoms with Crippen LogP contribution in [0.1, 0.15) is 37.9 Å². The molecule has 5 heteroatoms. The molecule has 1 heterocycles. The van der Waals surface area contributed by atoms with E-state index in [1.807, 2.05) is 35.2 Å². The molecule has 1 aliphatic heterocycles. The van der Waals surface area contributed by atoms with Gasteiger partial charge in [-0.2, -0.15) is 0 Å². The van der Waals surface area contributed by atoms with Crippen molar-refractivity contribution < 1.29 is 9.00 Å². The van der Waals surface area contributed by atoms with Gasteiger partial charge in [-0.05, 0) is 12.0 Å². The lowest BCUT2D eigenvalue weighted by molar-refractivity contribution is -0.130. The van der Waals surface area contributed by atoms with Crippen molar-refractivity contribution in [2.75, 3.05) is 18.6 Å². The summed E-state index contributed by atoms with van der Waals surface area (Å²) in [5, 5.41) is 3.44. The van der Waals surface area contributed by atoms with E-state index in [0.717, 1.165) is 24.8 Å². The molecule has 0 spiro atoms. The second-order valence-electron chi connectivity index (χ2n) is 5.48. The van der Waals surface area contributed by atoms with Gasteiger partial charge in [-0.25, -0.2) is 0 Å². The van der Waals surface area contributed by atoms with E-state index in [-0.39, 0.29) is 18.1 Å². The Morgan fingerprint density at radius 1 is 1.29 bits per heavy atom. The molecule has 3 unspecified atom stereocenters. The number of amides is 1. The quantitative estimate of drug-likeness (QED) is 0.839. The van der Waals surface area contributed by atoms with Gasteiger partial charge in [0.25, 0.3) is 0 Å². The van der Waals surface area contributed by atoms with Crippen LogP contribution in [0.4, 0.5) is 0 Å². The SMILES string of the molecule is CCCCC1NC(c2ccccc2)N(CCS(C)=O)C1=O. The molecule has 116 valence electrons. The zero-order valence-electron chi connectivity index (χ0n) is 12.7. The first kappa shape index (κ1) is 16.2. The Balaban J connectivity index is 2.14. The molecule has 0 saturated carbocycles. The molecule has 3 atom stereocenters. The highest BCUT2D eigenvalue weighted by molar-refractivity contribution is 7.84. The number of carbonyl (C=O) groups is 1. The minimum atomic E-state index is -0.886. The van der Waals surface area contributed by atoms with Gasteiger partial charge in [0.1, 0.15) is 6.17 Å². The Morgan fingerprint density at radius 3 is 2.62 bits per heavy atom. The third-order valence-electron chi connectivity index (χ3n) is 3.83. The number of carbonyl (C=O) groups excluding carboxylic acids is 1. The van der Waals surface area contributed by atoms with Gasteiger partial charge in [-0.3, -0.25) is 14.3 Å². The number of benzene rings is 1. The van der Waals surface area contributed by atoms with Gasteiger partial charge in [0.2, 0.25) is 5.91 Å². The van der Waals surface area contributed by atoms with E-state index in [9.17, 15) is 9.00 Å². The molecule has 4 nitrogen and oxygen atoms in total. The number of nitrogens with zero attached hydrogens (tertiary/aromatic N) is 1. The van der Waals surface area contributed by atoms with Gasteiger partial charge in [-0.1, -0.05) is 50.1 Å². The second kappa shape index (κ2) is 7.71. The fourth-order valence-electron chi connectivity index (χ4n) is 2.67. The lowest BCUT2D eigenvalue weighted by Crippen LogP contribution is -2.34. The number of hydrogen-bond acceptors (Lipinski definition) is 3. The largest absolute Gasteiger partial charge is 0.321 e. The minimum Gasteiger partial charge on any atom is -0.321 e. The third-order valence-corrected chi connectivity index (χ3v) is 4.59. The molecule has 1 N–H and O–H groups in total. The molecule has 0 aromatic heterocycles. The van der Waals surface area contributed by atoms with Crippen LogP contribution < -0.4 is 5.32 Å². The minimum absolute atomic E-state index is 0.0934. The molecule has 0 aliphatic carbocycles. The highest BCUT2D eigenvalue weighted by Gasteiger charge is 2.38. The van der Waals surface area contributed by atoms with Crippen molar-refractivity contribution in [3.8, 4) is 0 Å². The lowest BCUT2D eigenvalue weighted by Gasteiger charge is -2.24. The Labute approximate surface area is 129 Å². The molecule has 1 fully saturated rings. The van der Waals surface area contributed by atoms with E-state index in [1.54, 1.807) is 6.26 Å². The van der Waals surface area contributed by atoms with Crippen LogP contribution in [0.25, 0.3) is 0 Å². The van der Waals surface area contributed by atoms with Crippen LogP contribution in [0.5, 0.6) is 0 Å². The smallest absolute Gasteiger partial charge is 0.241 e. The maximum Gasteiger partial charge on any atom is 0.241 e. The van der Waals surface area contributed by atoms with Gasteiger partial charge >= 0.3 is 0 Å². The van der Waals surface area contributed by atoms with Crippen molar-refractivity contribution in [2.45, 2.75) is 38.4 Å². The highest BCUT2D eigenvalue weighted by atomic mass is 32.2. The summed E-state index contributed by atoms with van der Waals surface area (Å²) in [5.74, 6) is 0.666. The van der Waals surface area contributed by atoms with Crippen molar-refractivity contribution in [2.24, 2.45) is 0 Å². The molecule has 1 saturated heterocycles. The van der Waals surface area contributed by atoms with Crippen LogP contribution in [0, 0.1) is 0 Å². The molecular formula is C16H24N2O2S. The molecule has 2 rings (SSSR count). The lowest BCUT2D eigenvalue weighted by atomic mass is 10.1. The molecule has 1 aromatic rings. The van der Waals surface area contributed by atoms with Gasteiger partial charge in [0, 0.05) is 29.4 Å². The Bertz CT molecular complexity index is 492. The third kappa shape index (κ3) is 4.14. The van der Waals surface area contributed by atoms with E-state index < -0.39 is 10.8 Å². The average Bonchev–Trinajstić information content (AvgIpc) is 2.80. The molecule has 0 radical (unpaired) electrons. The van der Waals surface area contributed by atoms with Crippen LogP contribution in [-0.4, -0.2) is 39.6 Å². The number of unbranched alkanes of at least 4 members (excludes halogenated alkanes) is 1. The predicted octanol–water partition coefficient (Wildman–Crippen LogP) is 2.05. The van der Waals surface area contributed by atoms with E-state index in [1.165, 1.54) is 0 Å². The summed E-state index contributed by atoms with van der Waals surface area (Å²) >= 11 is 0. The zero-order chi connectivity index (χ0) is 15.2. The number of nitrogens with one attached hydrogen (secondary N) is 1. The molecule has 1 aliphatic rings. The first-order valence-corrected chi connectivity index (χ1v) is 9.27. The summed E-state index contributed by atoms with van der Waals surface area (Å²) in [6.07, 6.45) is 4.58. The summed E-state index contributed by atoms with van der Waals surface area (Å²) < 4.78 is 11.4. The maximum atomic E-state index is 12.6. The van der Waals surface area contributed by atoms with Crippen molar-refractivity contribution >= 4 is 16.7 Å². The van der Waals surface area contributed by atoms with Crippen molar-refractivity contribution in [1.82, 2.24) is 10.2 Å². The number of rotatable bonds is 7. The second-order valence-corrected chi connectivity index (χ2v) is 7.04. The Morgan fingerprint density at radius 2 is 2.00 bits per heavy atom. The molecule has 21 heavy (non-hydrogen) atoms. The van der Waals surface area contributed by atoms with Crippen LogP contribution in [-0.2, 0) is 15.6 Å². The van der Waals surface area contributed by atoms with E-state index >= 15 is 0 Å². The average molecular weight is 308 g/mol. The summed E-state index contributed by atoms with van der Waals surface area (Å²) in [6, 6.07) is 9.89. The molecule has 1 aromatic carbocycles. The van der Waals surface area contributed by atoms with Crippen molar-refractivity contribution in [3.63, 3.8) is 0 Å². The fourth-order valence-corrected chi connectivity index (χ4v) is 3.13. The summed E-state index contributed by atoms with van der Waals surface area (Å²) in [7, 11) is -0.886. The molecule has 0 bridgehead atoms. The van der Waals surface area contributed by atoms with Crippen molar-refractivity contribution in [1.29, 1.82) is 0 Å². The Kier molecular flexibility index (Phi) is 5.94. The zero-order valence-corrected chi connectivity index (χ0v) is 13.6. The summed E-state index contributed by atoms with van der Waals surface area (Å²) in [5.41, 5.74) is 1.09. The van der Waals surface area contributed by atoms with Gasteiger partial charge in [-0.15, -0.1) is 0 Å². The first-order chi connectivity index (χ1) is 10.1. The van der Waals surface area contributed by atoms with Gasteiger partial charge in [0.05, 0.1) is 6.04 Å². The Hall–Kier alpha value is -1.20. The molecular weight excluding hydrogens is 284 g/mol. The molecule has 1 amide bonds. The highest BCUT2D eigenvalue weighted by Crippen LogP contribution is 2.26. The van der Waals surface area contributed by atoms with E-state index in [4.69, 9.17) is 0 Å². The fraction of sp³-hybridized carbons (Fsp3) is 0.562. The summed E-state index contributed by atoms with van der Waals surface area (Å²) in [6.45, 7) is 2.67. The van der Waals surface area contributed by atoms with Crippen LogP contribution in [0.2, 0.25) is 0 Å². The van der Waals surface area contributed by atoms with Crippen molar-refractivity contribution in [3.05, 3.63) is 35.9 Å². The number of hydrogen-bond donors (Lipinski definition) is 1. The van der Waals surface area contributed by atoms with Crippen LogP contribution >= 0.6 is 0 Å². The predicted molar refractivity (Wildman–Crippen MR) is 86.3 cm³/mol. The topological polar surface area (TPSA) is 49.4 Å². The van der Waals surface area contributed by atoms with Crippen LogP contribution in [0.15, 0.2) is 30.3 Å². The van der Waals surface area contributed by atoms with Gasteiger partial charge in [0.15, 0.2) is 0 Å². The van der Waals surface area contributed by atoms with Gasteiger partial charge < -0.3 is 4.90 Å². The maximum absolute atomic E-state index is 12.6. The van der Waals surface area contributed by atoms with E-state index in [0.29, 0.717) is 12.3 Å². The summed E-state index contributed by atoms with van der Waals surface area (Å²) in [4.78, 5) is 14.4. The van der Waals surface area contributed by atoms with E-state index in [2.05, 4.69) is 12.2 Å². The standard InChI is InChI=1S/C16H24N2O2S/c1-3-4-10-14-16(19)18(11-12-21(2)20)15(17-14)13-8-6-5-7-9-13/h5-9,14-15,17H,3-4,10-12H2,1-2H3. The normalized spacial score (nSPS) is 23.5. The monoisotopic (exact) mass is 308 g/mol.